The molecule has 4 nitrogen and oxygen atoms in total. The van der Waals surface area contributed by atoms with Gasteiger partial charge in [0.15, 0.2) is 5.79 Å². The standard InChI is InChI=1S/C13H12F3NO3/c1-12(19-4-5-20-12)8-18-11-6-9(7-17)2-3-10(11)13(14,15)16/h2-3,6H,4-5,8H2,1H3. The Labute approximate surface area is 113 Å². The van der Waals surface area contributed by atoms with Crippen molar-refractivity contribution in [1.29, 1.82) is 5.26 Å². The van der Waals surface area contributed by atoms with E-state index in [1.807, 2.05) is 0 Å². The van der Waals surface area contributed by atoms with Crippen molar-refractivity contribution in [2.24, 2.45) is 0 Å². The quantitative estimate of drug-likeness (QED) is 0.857. The Morgan fingerprint density at radius 1 is 1.35 bits per heavy atom. The highest BCUT2D eigenvalue weighted by molar-refractivity contribution is 5.43. The number of rotatable bonds is 3. The maximum absolute atomic E-state index is 12.9. The highest BCUT2D eigenvalue weighted by atomic mass is 19.4. The van der Waals surface area contributed by atoms with Crippen molar-refractivity contribution in [2.45, 2.75) is 18.9 Å². The molecular weight excluding hydrogens is 275 g/mol. The number of benzene rings is 1. The van der Waals surface area contributed by atoms with Gasteiger partial charge in [-0.05, 0) is 25.1 Å². The SMILES string of the molecule is CC1(COc2cc(C#N)ccc2C(F)(F)F)OCCO1. The maximum atomic E-state index is 12.9. The van der Waals surface area contributed by atoms with Gasteiger partial charge in [-0.1, -0.05) is 0 Å². The van der Waals surface area contributed by atoms with Gasteiger partial charge in [0.1, 0.15) is 12.4 Å². The van der Waals surface area contributed by atoms with Crippen LogP contribution in [0.2, 0.25) is 0 Å². The van der Waals surface area contributed by atoms with Crippen LogP contribution in [0, 0.1) is 11.3 Å². The number of alkyl halides is 3. The molecule has 0 bridgehead atoms. The second-order valence-electron chi connectivity index (χ2n) is 4.44. The normalized spacial score (nSPS) is 17.8. The fourth-order valence-corrected chi connectivity index (χ4v) is 1.79. The lowest BCUT2D eigenvalue weighted by Gasteiger charge is -2.23. The fourth-order valence-electron chi connectivity index (χ4n) is 1.79. The van der Waals surface area contributed by atoms with Gasteiger partial charge in [-0.25, -0.2) is 0 Å². The molecule has 1 aromatic rings. The number of ether oxygens (including phenoxy) is 3. The van der Waals surface area contributed by atoms with E-state index in [4.69, 9.17) is 19.5 Å². The van der Waals surface area contributed by atoms with Crippen LogP contribution in [0.4, 0.5) is 13.2 Å². The summed E-state index contributed by atoms with van der Waals surface area (Å²) in [6, 6.07) is 4.75. The molecule has 0 amide bonds. The second kappa shape index (κ2) is 5.31. The molecule has 2 rings (SSSR count). The van der Waals surface area contributed by atoms with Gasteiger partial charge in [0.2, 0.25) is 0 Å². The summed E-state index contributed by atoms with van der Waals surface area (Å²) in [4.78, 5) is 0. The molecule has 108 valence electrons. The van der Waals surface area contributed by atoms with E-state index in [0.717, 1.165) is 18.2 Å². The van der Waals surface area contributed by atoms with E-state index >= 15 is 0 Å². The Hall–Kier alpha value is -1.78. The molecule has 1 fully saturated rings. The predicted octanol–water partition coefficient (Wildman–Crippen LogP) is 2.72. The Kier molecular flexibility index (Phi) is 3.88. The van der Waals surface area contributed by atoms with Gasteiger partial charge in [0.05, 0.1) is 30.4 Å². The van der Waals surface area contributed by atoms with Crippen molar-refractivity contribution in [3.05, 3.63) is 29.3 Å². The summed E-state index contributed by atoms with van der Waals surface area (Å²) in [6.45, 7) is 2.13. The van der Waals surface area contributed by atoms with Gasteiger partial charge in [-0.15, -0.1) is 0 Å². The number of nitriles is 1. The lowest BCUT2D eigenvalue weighted by molar-refractivity contribution is -0.165. The van der Waals surface area contributed by atoms with Crippen molar-refractivity contribution in [1.82, 2.24) is 0 Å². The molecule has 1 aromatic carbocycles. The fraction of sp³-hybridized carbons (Fsp3) is 0.462. The van der Waals surface area contributed by atoms with Gasteiger partial charge in [-0.2, -0.15) is 18.4 Å². The van der Waals surface area contributed by atoms with Crippen LogP contribution in [0.15, 0.2) is 18.2 Å². The van der Waals surface area contributed by atoms with E-state index in [9.17, 15) is 13.2 Å². The van der Waals surface area contributed by atoms with Crippen LogP contribution in [0.3, 0.4) is 0 Å². The predicted molar refractivity (Wildman–Crippen MR) is 62.0 cm³/mol. The Balaban J connectivity index is 2.22. The molecule has 0 N–H and O–H groups in total. The molecule has 0 aromatic heterocycles. The summed E-state index contributed by atoms with van der Waals surface area (Å²) in [7, 11) is 0. The first kappa shape index (κ1) is 14.6. The summed E-state index contributed by atoms with van der Waals surface area (Å²) in [5, 5.41) is 8.75. The van der Waals surface area contributed by atoms with Crippen LogP contribution in [0.1, 0.15) is 18.1 Å². The number of hydrogen-bond acceptors (Lipinski definition) is 4. The highest BCUT2D eigenvalue weighted by Crippen LogP contribution is 2.37. The van der Waals surface area contributed by atoms with E-state index in [-0.39, 0.29) is 12.2 Å². The minimum atomic E-state index is -4.55. The number of hydrogen-bond donors (Lipinski definition) is 0. The maximum Gasteiger partial charge on any atom is 0.419 e. The van der Waals surface area contributed by atoms with Crippen LogP contribution in [-0.4, -0.2) is 25.6 Å². The van der Waals surface area contributed by atoms with Gasteiger partial charge >= 0.3 is 6.18 Å². The third-order valence-electron chi connectivity index (χ3n) is 2.80. The summed E-state index contributed by atoms with van der Waals surface area (Å²) in [5.74, 6) is -1.47. The second-order valence-corrected chi connectivity index (χ2v) is 4.44. The minimum Gasteiger partial charge on any atom is -0.487 e. The average Bonchev–Trinajstić information content (AvgIpc) is 2.82. The first-order chi connectivity index (χ1) is 9.34. The summed E-state index contributed by atoms with van der Waals surface area (Å²) in [6.07, 6.45) is -4.55. The average molecular weight is 287 g/mol. The van der Waals surface area contributed by atoms with Gasteiger partial charge in [0, 0.05) is 0 Å². The van der Waals surface area contributed by atoms with Gasteiger partial charge < -0.3 is 14.2 Å². The topological polar surface area (TPSA) is 51.5 Å². The van der Waals surface area contributed by atoms with Crippen LogP contribution in [0.25, 0.3) is 0 Å². The lowest BCUT2D eigenvalue weighted by atomic mass is 10.1. The van der Waals surface area contributed by atoms with Crippen molar-refractivity contribution in [2.75, 3.05) is 19.8 Å². The van der Waals surface area contributed by atoms with Crippen LogP contribution < -0.4 is 4.74 Å². The first-order valence-corrected chi connectivity index (χ1v) is 5.86. The molecule has 20 heavy (non-hydrogen) atoms. The zero-order chi connectivity index (χ0) is 14.8. The summed E-state index contributed by atoms with van der Waals surface area (Å²) >= 11 is 0. The van der Waals surface area contributed by atoms with Crippen LogP contribution in [-0.2, 0) is 15.7 Å². The van der Waals surface area contributed by atoms with Crippen LogP contribution >= 0.6 is 0 Å². The third kappa shape index (κ3) is 3.21. The van der Waals surface area contributed by atoms with Crippen molar-refractivity contribution < 1.29 is 27.4 Å². The summed E-state index contributed by atoms with van der Waals surface area (Å²) < 4.78 is 54.2. The molecule has 0 radical (unpaired) electrons. The molecule has 0 saturated carbocycles. The van der Waals surface area contributed by atoms with Crippen molar-refractivity contribution >= 4 is 0 Å². The van der Waals surface area contributed by atoms with E-state index in [1.165, 1.54) is 0 Å². The zero-order valence-electron chi connectivity index (χ0n) is 10.7. The Bertz CT molecular complexity index is 531. The molecule has 1 aliphatic heterocycles. The van der Waals surface area contributed by atoms with E-state index < -0.39 is 23.3 Å². The monoisotopic (exact) mass is 287 g/mol. The Morgan fingerprint density at radius 2 is 2.00 bits per heavy atom. The number of halogens is 3. The molecule has 1 aliphatic rings. The van der Waals surface area contributed by atoms with Crippen molar-refractivity contribution in [3.8, 4) is 11.8 Å². The van der Waals surface area contributed by atoms with E-state index in [2.05, 4.69) is 0 Å². The number of nitrogens with zero attached hydrogens (tertiary/aromatic N) is 1. The molecule has 0 aliphatic carbocycles. The van der Waals surface area contributed by atoms with E-state index in [1.54, 1.807) is 13.0 Å². The largest absolute Gasteiger partial charge is 0.487 e. The molecule has 0 atom stereocenters. The van der Waals surface area contributed by atoms with Gasteiger partial charge in [0.25, 0.3) is 0 Å². The van der Waals surface area contributed by atoms with Crippen molar-refractivity contribution in [3.63, 3.8) is 0 Å². The minimum absolute atomic E-state index is 0.0893. The first-order valence-electron chi connectivity index (χ1n) is 5.86. The van der Waals surface area contributed by atoms with E-state index in [0.29, 0.717) is 13.2 Å². The molecule has 1 saturated heterocycles. The third-order valence-corrected chi connectivity index (χ3v) is 2.80. The molecule has 0 unspecified atom stereocenters. The summed E-state index contributed by atoms with van der Waals surface area (Å²) in [5.41, 5.74) is -0.843. The molecular formula is C13H12F3NO3. The smallest absolute Gasteiger partial charge is 0.419 e. The molecule has 7 heteroatoms. The highest BCUT2D eigenvalue weighted by Gasteiger charge is 2.36. The van der Waals surface area contributed by atoms with Gasteiger partial charge in [-0.3, -0.25) is 0 Å². The van der Waals surface area contributed by atoms with Crippen LogP contribution in [0.5, 0.6) is 5.75 Å². The molecule has 0 spiro atoms. The molecule has 1 heterocycles. The Morgan fingerprint density at radius 3 is 2.55 bits per heavy atom. The zero-order valence-corrected chi connectivity index (χ0v) is 10.7. The lowest BCUT2D eigenvalue weighted by Crippen LogP contribution is -2.33.